The van der Waals surface area contributed by atoms with Gasteiger partial charge in [-0.2, -0.15) is 0 Å². The summed E-state index contributed by atoms with van der Waals surface area (Å²) < 4.78 is 0.978. The molecule has 0 aliphatic rings. The fraction of sp³-hybridized carbons (Fsp3) is 0.208. The normalized spacial score (nSPS) is 11.8. The van der Waals surface area contributed by atoms with Crippen molar-refractivity contribution in [2.45, 2.75) is 32.7 Å². The lowest BCUT2D eigenvalue weighted by Crippen LogP contribution is -2.36. The van der Waals surface area contributed by atoms with Gasteiger partial charge in [0.25, 0.3) is 5.91 Å². The van der Waals surface area contributed by atoms with Crippen LogP contribution in [-0.2, 0) is 12.0 Å². The molecule has 0 saturated heterocycles. The SMILES string of the molecule is CC(C)(C)c1ccc(C(=O)NC(=NCc2ccncc2)Nc2ccc(Br)cc2)cc1. The van der Waals surface area contributed by atoms with Crippen LogP contribution in [0.15, 0.2) is 82.5 Å². The van der Waals surface area contributed by atoms with E-state index in [1.54, 1.807) is 12.4 Å². The maximum Gasteiger partial charge on any atom is 0.257 e. The highest BCUT2D eigenvalue weighted by Gasteiger charge is 2.15. The monoisotopic (exact) mass is 464 g/mol. The van der Waals surface area contributed by atoms with Gasteiger partial charge in [0.05, 0.1) is 6.54 Å². The molecule has 0 unspecified atom stereocenters. The van der Waals surface area contributed by atoms with E-state index in [0.717, 1.165) is 15.7 Å². The summed E-state index contributed by atoms with van der Waals surface area (Å²) in [6, 6.07) is 19.1. The van der Waals surface area contributed by atoms with Crippen molar-refractivity contribution in [2.75, 3.05) is 5.32 Å². The smallest absolute Gasteiger partial charge is 0.257 e. The molecule has 0 bridgehead atoms. The molecule has 0 saturated carbocycles. The van der Waals surface area contributed by atoms with Gasteiger partial charge in [0.1, 0.15) is 0 Å². The summed E-state index contributed by atoms with van der Waals surface area (Å²) in [5.74, 6) is 0.174. The van der Waals surface area contributed by atoms with Crippen LogP contribution >= 0.6 is 15.9 Å². The minimum atomic E-state index is -0.214. The molecule has 1 aromatic heterocycles. The number of pyridine rings is 1. The first kappa shape index (κ1) is 21.7. The number of nitrogens with one attached hydrogen (secondary N) is 2. The van der Waals surface area contributed by atoms with Gasteiger partial charge in [-0.3, -0.25) is 15.1 Å². The van der Waals surface area contributed by atoms with Gasteiger partial charge < -0.3 is 5.32 Å². The molecule has 2 N–H and O–H groups in total. The van der Waals surface area contributed by atoms with Crippen LogP contribution in [0.1, 0.15) is 42.3 Å². The number of halogens is 1. The quantitative estimate of drug-likeness (QED) is 0.393. The molecule has 3 aromatic rings. The van der Waals surface area contributed by atoms with Crippen LogP contribution < -0.4 is 10.6 Å². The van der Waals surface area contributed by atoms with Gasteiger partial charge in [0, 0.05) is 28.1 Å². The van der Waals surface area contributed by atoms with E-state index in [9.17, 15) is 4.79 Å². The third kappa shape index (κ3) is 6.26. The van der Waals surface area contributed by atoms with Crippen LogP contribution in [0, 0.1) is 0 Å². The highest BCUT2D eigenvalue weighted by atomic mass is 79.9. The Balaban J connectivity index is 1.78. The highest BCUT2D eigenvalue weighted by Crippen LogP contribution is 2.22. The Bertz CT molecular complexity index is 1010. The molecule has 5 nitrogen and oxygen atoms in total. The first-order valence-corrected chi connectivity index (χ1v) is 10.5. The van der Waals surface area contributed by atoms with Gasteiger partial charge >= 0.3 is 0 Å². The zero-order valence-corrected chi connectivity index (χ0v) is 18.9. The zero-order valence-electron chi connectivity index (χ0n) is 17.3. The number of aromatic nitrogens is 1. The molecule has 0 aliphatic heterocycles. The number of hydrogen-bond acceptors (Lipinski definition) is 3. The molecular formula is C24H25BrN4O. The maximum atomic E-state index is 12.8. The van der Waals surface area contributed by atoms with Crippen molar-refractivity contribution < 1.29 is 4.79 Å². The summed E-state index contributed by atoms with van der Waals surface area (Å²) in [5, 5.41) is 6.09. The van der Waals surface area contributed by atoms with E-state index in [1.165, 1.54) is 5.56 Å². The number of guanidine groups is 1. The van der Waals surface area contributed by atoms with Crippen LogP contribution in [0.25, 0.3) is 0 Å². The van der Waals surface area contributed by atoms with Crippen molar-refractivity contribution in [1.29, 1.82) is 0 Å². The molecule has 6 heteroatoms. The second kappa shape index (κ2) is 9.67. The van der Waals surface area contributed by atoms with E-state index in [1.807, 2.05) is 60.7 Å². The Morgan fingerprint density at radius 2 is 1.60 bits per heavy atom. The summed E-state index contributed by atoms with van der Waals surface area (Å²) in [7, 11) is 0. The fourth-order valence-electron chi connectivity index (χ4n) is 2.74. The van der Waals surface area contributed by atoms with Crippen LogP contribution in [0.3, 0.4) is 0 Å². The Hall–Kier alpha value is -2.99. The van der Waals surface area contributed by atoms with E-state index in [2.05, 4.69) is 57.3 Å². The number of hydrogen-bond donors (Lipinski definition) is 2. The number of benzene rings is 2. The molecular weight excluding hydrogens is 440 g/mol. The maximum absolute atomic E-state index is 12.8. The Labute approximate surface area is 185 Å². The highest BCUT2D eigenvalue weighted by molar-refractivity contribution is 9.10. The van der Waals surface area contributed by atoms with Crippen molar-refractivity contribution in [1.82, 2.24) is 10.3 Å². The number of aliphatic imine (C=N–C) groups is 1. The lowest BCUT2D eigenvalue weighted by Gasteiger charge is -2.19. The minimum absolute atomic E-state index is 0.0370. The lowest BCUT2D eigenvalue weighted by atomic mass is 9.87. The first-order valence-electron chi connectivity index (χ1n) is 9.69. The number of carbonyl (C=O) groups is 1. The number of anilines is 1. The Kier molecular flexibility index (Phi) is 7.00. The van der Waals surface area contributed by atoms with Gasteiger partial charge in [-0.25, -0.2) is 4.99 Å². The average Bonchev–Trinajstić information content (AvgIpc) is 2.74. The molecule has 0 spiro atoms. The van der Waals surface area contributed by atoms with E-state index in [0.29, 0.717) is 18.1 Å². The van der Waals surface area contributed by atoms with Crippen LogP contribution in [0.2, 0.25) is 0 Å². The minimum Gasteiger partial charge on any atom is -0.326 e. The lowest BCUT2D eigenvalue weighted by molar-refractivity contribution is 0.0977. The van der Waals surface area contributed by atoms with Gasteiger partial charge in [0.15, 0.2) is 0 Å². The van der Waals surface area contributed by atoms with Gasteiger partial charge in [-0.15, -0.1) is 0 Å². The fourth-order valence-corrected chi connectivity index (χ4v) is 3.00. The molecule has 0 fully saturated rings. The third-order valence-electron chi connectivity index (χ3n) is 4.52. The molecule has 30 heavy (non-hydrogen) atoms. The van der Waals surface area contributed by atoms with E-state index in [4.69, 9.17) is 0 Å². The average molecular weight is 465 g/mol. The van der Waals surface area contributed by atoms with Gasteiger partial charge in [-0.1, -0.05) is 48.8 Å². The molecule has 154 valence electrons. The van der Waals surface area contributed by atoms with Crippen molar-refractivity contribution in [2.24, 2.45) is 4.99 Å². The summed E-state index contributed by atoms with van der Waals surface area (Å²) in [5.41, 5.74) is 3.63. The Morgan fingerprint density at radius 1 is 0.967 bits per heavy atom. The van der Waals surface area contributed by atoms with E-state index < -0.39 is 0 Å². The predicted octanol–water partition coefficient (Wildman–Crippen LogP) is 5.54. The van der Waals surface area contributed by atoms with Crippen LogP contribution in [-0.4, -0.2) is 16.9 Å². The largest absolute Gasteiger partial charge is 0.326 e. The van der Waals surface area contributed by atoms with E-state index >= 15 is 0 Å². The van der Waals surface area contributed by atoms with Crippen molar-refractivity contribution >= 4 is 33.5 Å². The molecule has 0 aliphatic carbocycles. The summed E-state index contributed by atoms with van der Waals surface area (Å²) in [6.07, 6.45) is 3.45. The zero-order chi connectivity index (χ0) is 21.6. The number of carbonyl (C=O) groups excluding carboxylic acids is 1. The van der Waals surface area contributed by atoms with Crippen molar-refractivity contribution in [3.63, 3.8) is 0 Å². The molecule has 1 heterocycles. The molecule has 3 rings (SSSR count). The number of nitrogens with zero attached hydrogens (tertiary/aromatic N) is 2. The summed E-state index contributed by atoms with van der Waals surface area (Å²) in [6.45, 7) is 6.86. The second-order valence-corrected chi connectivity index (χ2v) is 8.85. The second-order valence-electron chi connectivity index (χ2n) is 7.93. The number of amides is 1. The van der Waals surface area contributed by atoms with Crippen LogP contribution in [0.5, 0.6) is 0 Å². The topological polar surface area (TPSA) is 66.4 Å². The van der Waals surface area contributed by atoms with Crippen molar-refractivity contribution in [3.8, 4) is 0 Å². The van der Waals surface area contributed by atoms with Gasteiger partial charge in [0.2, 0.25) is 5.96 Å². The number of rotatable bonds is 4. The molecule has 0 radical (unpaired) electrons. The third-order valence-corrected chi connectivity index (χ3v) is 5.05. The Morgan fingerprint density at radius 3 is 2.20 bits per heavy atom. The standard InChI is InChI=1S/C24H25BrN4O/c1-24(2,3)19-6-4-18(5-7-19)22(30)29-23(27-16-17-12-14-26-15-13-17)28-21-10-8-20(25)9-11-21/h4-15H,16H2,1-3H3,(H2,27,28,29,30). The summed E-state index contributed by atoms with van der Waals surface area (Å²) in [4.78, 5) is 21.4. The first-order chi connectivity index (χ1) is 14.3. The van der Waals surface area contributed by atoms with E-state index in [-0.39, 0.29) is 11.3 Å². The van der Waals surface area contributed by atoms with Crippen molar-refractivity contribution in [3.05, 3.63) is 94.2 Å². The molecule has 2 aromatic carbocycles. The predicted molar refractivity (Wildman–Crippen MR) is 126 cm³/mol. The molecule has 1 amide bonds. The van der Waals surface area contributed by atoms with Gasteiger partial charge in [-0.05, 0) is 65.1 Å². The van der Waals surface area contributed by atoms with Crippen LogP contribution in [0.4, 0.5) is 5.69 Å². The molecule has 0 atom stereocenters. The summed E-state index contributed by atoms with van der Waals surface area (Å²) >= 11 is 3.43.